The first-order valence-corrected chi connectivity index (χ1v) is 13.0. The summed E-state index contributed by atoms with van der Waals surface area (Å²) in [6.45, 7) is 0.248. The molecule has 1 fully saturated rings. The van der Waals surface area contributed by atoms with Gasteiger partial charge in [-0.2, -0.15) is 0 Å². The number of nitrogens with zero attached hydrogens (tertiary/aromatic N) is 1. The Labute approximate surface area is 235 Å². The van der Waals surface area contributed by atoms with Gasteiger partial charge < -0.3 is 4.74 Å². The molecular weight excluding hydrogens is 691 g/mol. The minimum Gasteiger partial charge on any atom is -0.487 e. The summed E-state index contributed by atoms with van der Waals surface area (Å²) in [5.41, 5.74) is 1.28. The smallest absolute Gasteiger partial charge is 0.335 e. The highest BCUT2D eigenvalue weighted by Gasteiger charge is 2.37. The molecule has 1 saturated heterocycles. The van der Waals surface area contributed by atoms with E-state index in [-0.39, 0.29) is 27.9 Å². The summed E-state index contributed by atoms with van der Waals surface area (Å²) in [4.78, 5) is 39.2. The summed E-state index contributed by atoms with van der Waals surface area (Å²) in [7, 11) is 0. The van der Waals surface area contributed by atoms with E-state index in [0.717, 1.165) is 14.9 Å². The summed E-state index contributed by atoms with van der Waals surface area (Å²) >= 11 is 22.3. The van der Waals surface area contributed by atoms with E-state index in [0.29, 0.717) is 20.3 Å². The second kappa shape index (κ2) is 10.8. The summed E-state index contributed by atoms with van der Waals surface area (Å²) in [5, 5.41) is 2.61. The van der Waals surface area contributed by atoms with E-state index >= 15 is 0 Å². The molecule has 0 radical (unpaired) electrons. The first kappa shape index (κ1) is 25.9. The number of hydrogen-bond donors (Lipinski definition) is 1. The Balaban J connectivity index is 1.71. The molecule has 0 saturated carbocycles. The molecule has 35 heavy (non-hydrogen) atoms. The number of benzene rings is 3. The second-order valence-electron chi connectivity index (χ2n) is 7.28. The lowest BCUT2D eigenvalue weighted by Crippen LogP contribution is -2.54. The van der Waals surface area contributed by atoms with Crippen molar-refractivity contribution in [1.82, 2.24) is 5.32 Å². The number of imide groups is 2. The van der Waals surface area contributed by atoms with Crippen molar-refractivity contribution >= 4 is 101 Å². The van der Waals surface area contributed by atoms with E-state index < -0.39 is 17.8 Å². The van der Waals surface area contributed by atoms with Crippen LogP contribution in [0.4, 0.5) is 10.5 Å². The Morgan fingerprint density at radius 2 is 1.60 bits per heavy atom. The third-order valence-electron chi connectivity index (χ3n) is 4.90. The van der Waals surface area contributed by atoms with Crippen LogP contribution in [0.3, 0.4) is 0 Å². The summed E-state index contributed by atoms with van der Waals surface area (Å²) < 4.78 is 8.28. The van der Waals surface area contributed by atoms with E-state index in [2.05, 4.69) is 53.1 Å². The molecule has 0 bridgehead atoms. The van der Waals surface area contributed by atoms with Gasteiger partial charge in [0.1, 0.15) is 17.9 Å². The lowest BCUT2D eigenvalue weighted by molar-refractivity contribution is -0.122. The number of urea groups is 1. The van der Waals surface area contributed by atoms with Gasteiger partial charge in [-0.05, 0) is 70.0 Å². The average molecular weight is 704 g/mol. The lowest BCUT2D eigenvalue weighted by Gasteiger charge is -2.26. The zero-order valence-corrected chi connectivity index (χ0v) is 23.7. The molecule has 0 aromatic heterocycles. The summed E-state index contributed by atoms with van der Waals surface area (Å²) in [5.74, 6) is -1.22. The predicted octanol–water partition coefficient (Wildman–Crippen LogP) is 7.53. The second-order valence-corrected chi connectivity index (χ2v) is 10.8. The number of carbonyl (C=O) groups excluding carboxylic acids is 3. The number of carbonyl (C=O) groups is 3. The van der Waals surface area contributed by atoms with Gasteiger partial charge in [0.2, 0.25) is 0 Å². The number of amides is 4. The number of barbiturate groups is 1. The van der Waals surface area contributed by atoms with Crippen LogP contribution < -0.4 is 15.0 Å². The number of rotatable bonds is 5. The molecule has 1 N–H and O–H groups in total. The number of hydrogen-bond acceptors (Lipinski definition) is 4. The highest BCUT2D eigenvalue weighted by Crippen LogP contribution is 2.36. The van der Waals surface area contributed by atoms with Gasteiger partial charge in [0, 0.05) is 14.5 Å². The molecule has 0 unspecified atom stereocenters. The lowest BCUT2D eigenvalue weighted by atomic mass is 10.1. The fourth-order valence-electron chi connectivity index (χ4n) is 3.25. The molecule has 1 aliphatic rings. The van der Waals surface area contributed by atoms with Gasteiger partial charge in [-0.15, -0.1) is 0 Å². The molecule has 0 aliphatic carbocycles. The van der Waals surface area contributed by atoms with E-state index in [1.54, 1.807) is 12.1 Å². The monoisotopic (exact) mass is 700 g/mol. The number of halogens is 5. The highest BCUT2D eigenvalue weighted by atomic mass is 79.9. The molecule has 6 nitrogen and oxygen atoms in total. The molecule has 0 spiro atoms. The van der Waals surface area contributed by atoms with Crippen LogP contribution in [0.1, 0.15) is 11.1 Å². The molecule has 4 rings (SSSR count). The standard InChI is InChI=1S/C24H13Br3Cl2N2O4/c25-14-3-1-12(2-4-14)11-35-21-13(7-15(26)9-18(21)27)8-17-22(32)30-24(34)31(23(17)33)16-5-6-19(28)20(29)10-16/h1-10H,11H2,(H,30,32,34)/b17-8+. The van der Waals surface area contributed by atoms with Crippen LogP contribution in [0.15, 0.2) is 73.6 Å². The zero-order chi connectivity index (χ0) is 25.3. The van der Waals surface area contributed by atoms with Crippen molar-refractivity contribution in [3.05, 3.63) is 94.8 Å². The van der Waals surface area contributed by atoms with Crippen LogP contribution in [0.2, 0.25) is 10.0 Å². The maximum atomic E-state index is 13.3. The SMILES string of the molecule is O=C1NC(=O)N(c2ccc(Cl)c(Cl)c2)C(=O)/C1=C/c1cc(Br)cc(Br)c1OCc1ccc(Br)cc1. The summed E-state index contributed by atoms with van der Waals surface area (Å²) in [6.07, 6.45) is 1.38. The Bertz CT molecular complexity index is 1390. The molecule has 1 aliphatic heterocycles. The predicted molar refractivity (Wildman–Crippen MR) is 146 cm³/mol. The minimum atomic E-state index is -0.891. The van der Waals surface area contributed by atoms with Gasteiger partial charge in [0.25, 0.3) is 11.8 Å². The zero-order valence-electron chi connectivity index (χ0n) is 17.5. The highest BCUT2D eigenvalue weighted by molar-refractivity contribution is 9.11. The first-order chi connectivity index (χ1) is 16.6. The van der Waals surface area contributed by atoms with Crippen molar-refractivity contribution in [3.63, 3.8) is 0 Å². The minimum absolute atomic E-state index is 0.159. The van der Waals surface area contributed by atoms with Crippen LogP contribution in [0.5, 0.6) is 5.75 Å². The molecule has 4 amide bonds. The largest absolute Gasteiger partial charge is 0.487 e. The third kappa shape index (κ3) is 5.81. The molecule has 3 aromatic carbocycles. The number of anilines is 1. The fraction of sp³-hybridized carbons (Fsp3) is 0.0417. The molecule has 11 heteroatoms. The Kier molecular flexibility index (Phi) is 8.02. The Morgan fingerprint density at radius 3 is 2.29 bits per heavy atom. The van der Waals surface area contributed by atoms with Crippen molar-refractivity contribution < 1.29 is 19.1 Å². The maximum absolute atomic E-state index is 13.3. The Morgan fingerprint density at radius 1 is 0.886 bits per heavy atom. The molecular formula is C24H13Br3Cl2N2O4. The van der Waals surface area contributed by atoms with Gasteiger partial charge in [-0.3, -0.25) is 14.9 Å². The third-order valence-corrected chi connectivity index (χ3v) is 7.21. The average Bonchev–Trinajstić information content (AvgIpc) is 2.79. The van der Waals surface area contributed by atoms with Crippen molar-refractivity contribution in [2.24, 2.45) is 0 Å². The molecule has 1 heterocycles. The number of nitrogens with one attached hydrogen (secondary N) is 1. The van der Waals surface area contributed by atoms with E-state index in [9.17, 15) is 14.4 Å². The van der Waals surface area contributed by atoms with Crippen LogP contribution in [-0.4, -0.2) is 17.8 Å². The van der Waals surface area contributed by atoms with Crippen molar-refractivity contribution in [3.8, 4) is 5.75 Å². The maximum Gasteiger partial charge on any atom is 0.335 e. The Hall–Kier alpha value is -2.17. The van der Waals surface area contributed by atoms with Crippen LogP contribution in [0.25, 0.3) is 6.08 Å². The molecule has 0 atom stereocenters. The van der Waals surface area contributed by atoms with E-state index in [1.807, 2.05) is 24.3 Å². The van der Waals surface area contributed by atoms with Gasteiger partial charge in [0.05, 0.1) is 20.2 Å². The van der Waals surface area contributed by atoms with Crippen LogP contribution in [0, 0.1) is 0 Å². The normalized spacial score (nSPS) is 14.9. The van der Waals surface area contributed by atoms with Gasteiger partial charge in [-0.25, -0.2) is 9.69 Å². The number of ether oxygens (including phenoxy) is 1. The van der Waals surface area contributed by atoms with Crippen molar-refractivity contribution in [2.75, 3.05) is 4.90 Å². The fourth-order valence-corrected chi connectivity index (χ4v) is 5.18. The van der Waals surface area contributed by atoms with Crippen molar-refractivity contribution in [1.29, 1.82) is 0 Å². The summed E-state index contributed by atoms with van der Waals surface area (Å²) in [6, 6.07) is 14.5. The van der Waals surface area contributed by atoms with E-state index in [4.69, 9.17) is 27.9 Å². The first-order valence-electron chi connectivity index (χ1n) is 9.87. The van der Waals surface area contributed by atoms with Gasteiger partial charge in [0.15, 0.2) is 0 Å². The van der Waals surface area contributed by atoms with Gasteiger partial charge >= 0.3 is 6.03 Å². The van der Waals surface area contributed by atoms with Gasteiger partial charge in [-0.1, -0.05) is 67.2 Å². The quantitative estimate of drug-likeness (QED) is 0.220. The topological polar surface area (TPSA) is 75.7 Å². The van der Waals surface area contributed by atoms with Crippen LogP contribution in [-0.2, 0) is 16.2 Å². The van der Waals surface area contributed by atoms with Crippen LogP contribution >= 0.6 is 71.0 Å². The van der Waals surface area contributed by atoms with E-state index in [1.165, 1.54) is 24.3 Å². The van der Waals surface area contributed by atoms with Crippen molar-refractivity contribution in [2.45, 2.75) is 6.61 Å². The molecule has 3 aromatic rings. The molecule has 178 valence electrons.